The van der Waals surface area contributed by atoms with E-state index >= 15 is 0 Å². The average molecular weight is 168 g/mol. The molecule has 0 aliphatic heterocycles. The third kappa shape index (κ3) is 1.89. The Morgan fingerprint density at radius 3 is 2.58 bits per heavy atom. The molecule has 0 fully saturated rings. The van der Waals surface area contributed by atoms with E-state index in [4.69, 9.17) is 5.26 Å². The zero-order chi connectivity index (χ0) is 9.14. The predicted octanol–water partition coefficient (Wildman–Crippen LogP) is 3.13. The molecule has 68 valence electrons. The van der Waals surface area contributed by atoms with Crippen molar-refractivity contribution in [2.24, 2.45) is 5.92 Å². The van der Waals surface area contributed by atoms with E-state index in [1.165, 1.54) is 5.57 Å². The van der Waals surface area contributed by atoms with Gasteiger partial charge in [-0.1, -0.05) is 19.4 Å². The van der Waals surface area contributed by atoms with Crippen LogP contribution in [0.2, 0.25) is 0 Å². The summed E-state index contributed by atoms with van der Waals surface area (Å²) < 4.78 is 0. The van der Waals surface area contributed by atoms with E-state index in [1.807, 2.05) is 13.0 Å². The molecule has 0 amide bonds. The van der Waals surface area contributed by atoms with E-state index in [1.54, 1.807) is 0 Å². The van der Waals surface area contributed by atoms with Crippen molar-refractivity contribution in [1.82, 2.24) is 0 Å². The first-order valence-electron chi connectivity index (χ1n) is 4.36. The normalized spacial score (nSPS) is 18.2. The van der Waals surface area contributed by atoms with Crippen LogP contribution in [0.1, 0.15) is 33.6 Å². The number of rotatable bonds is 2. The Balaban J connectivity index is 2.83. The maximum atomic E-state index is 8.56. The lowest BCUT2D eigenvalue weighted by molar-refractivity contribution is -0.199. The van der Waals surface area contributed by atoms with Crippen LogP contribution in [0, 0.1) is 5.92 Å². The Bertz CT molecular complexity index is 224. The van der Waals surface area contributed by atoms with Crippen molar-refractivity contribution >= 4 is 0 Å². The fourth-order valence-electron chi connectivity index (χ4n) is 1.38. The molecule has 1 aliphatic carbocycles. The largest absolute Gasteiger partial charge is 0.340 e. The van der Waals surface area contributed by atoms with Gasteiger partial charge in [0.15, 0.2) is 5.76 Å². The zero-order valence-electron chi connectivity index (χ0n) is 7.92. The van der Waals surface area contributed by atoms with Gasteiger partial charge in [-0.05, 0) is 37.3 Å². The molecule has 0 spiro atoms. The molecule has 1 aliphatic rings. The Labute approximate surface area is 73.5 Å². The summed E-state index contributed by atoms with van der Waals surface area (Å²) >= 11 is 0. The standard InChI is InChI=1S/C10H16O2/c1-7(2)9-5-4-8(3)10(6-9)12-11/h6-7,11H,4-5H2,1-3H3. The molecule has 0 heterocycles. The maximum absolute atomic E-state index is 8.56. The molecular formula is C10H16O2. The SMILES string of the molecule is CC1=C(OO)C=C(C(C)C)CC1. The van der Waals surface area contributed by atoms with Crippen LogP contribution in [0.25, 0.3) is 0 Å². The van der Waals surface area contributed by atoms with Crippen LogP contribution in [0.3, 0.4) is 0 Å². The summed E-state index contributed by atoms with van der Waals surface area (Å²) in [5, 5.41) is 8.56. The highest BCUT2D eigenvalue weighted by Gasteiger charge is 2.13. The van der Waals surface area contributed by atoms with Crippen molar-refractivity contribution in [3.05, 3.63) is 23.0 Å². The lowest BCUT2D eigenvalue weighted by atomic mass is 9.91. The van der Waals surface area contributed by atoms with Gasteiger partial charge < -0.3 is 4.89 Å². The summed E-state index contributed by atoms with van der Waals surface area (Å²) in [6.07, 6.45) is 4.04. The summed E-state index contributed by atoms with van der Waals surface area (Å²) in [6.45, 7) is 6.29. The molecule has 0 bridgehead atoms. The Morgan fingerprint density at radius 2 is 2.08 bits per heavy atom. The smallest absolute Gasteiger partial charge is 0.164 e. The summed E-state index contributed by atoms with van der Waals surface area (Å²) in [6, 6.07) is 0. The molecule has 1 rings (SSSR count). The first kappa shape index (κ1) is 9.33. The van der Waals surface area contributed by atoms with E-state index in [0.29, 0.717) is 11.7 Å². The molecule has 0 atom stereocenters. The third-order valence-corrected chi connectivity index (χ3v) is 2.37. The molecule has 0 saturated carbocycles. The lowest BCUT2D eigenvalue weighted by Gasteiger charge is -2.17. The summed E-state index contributed by atoms with van der Waals surface area (Å²) in [7, 11) is 0. The maximum Gasteiger partial charge on any atom is 0.164 e. The minimum absolute atomic E-state index is 0.545. The fraction of sp³-hybridized carbons (Fsp3) is 0.600. The molecule has 0 saturated heterocycles. The minimum Gasteiger partial charge on any atom is -0.340 e. The molecule has 2 heteroatoms. The summed E-state index contributed by atoms with van der Waals surface area (Å²) in [5.41, 5.74) is 2.48. The Hall–Kier alpha value is -0.760. The molecule has 1 N–H and O–H groups in total. The molecule has 0 aromatic heterocycles. The van der Waals surface area contributed by atoms with Gasteiger partial charge in [-0.2, -0.15) is 0 Å². The van der Waals surface area contributed by atoms with Crippen LogP contribution in [0.15, 0.2) is 23.0 Å². The molecule has 0 unspecified atom stereocenters. The van der Waals surface area contributed by atoms with E-state index in [9.17, 15) is 0 Å². The number of hydrogen-bond acceptors (Lipinski definition) is 2. The van der Waals surface area contributed by atoms with Crippen LogP contribution < -0.4 is 0 Å². The topological polar surface area (TPSA) is 29.5 Å². The van der Waals surface area contributed by atoms with Gasteiger partial charge in [0.25, 0.3) is 0 Å². The van der Waals surface area contributed by atoms with Gasteiger partial charge in [0.1, 0.15) is 0 Å². The lowest BCUT2D eigenvalue weighted by Crippen LogP contribution is -2.03. The van der Waals surface area contributed by atoms with Gasteiger partial charge in [-0.25, -0.2) is 5.26 Å². The molecule has 12 heavy (non-hydrogen) atoms. The van der Waals surface area contributed by atoms with Gasteiger partial charge in [0.2, 0.25) is 0 Å². The van der Waals surface area contributed by atoms with Crippen molar-refractivity contribution in [3.8, 4) is 0 Å². The van der Waals surface area contributed by atoms with Gasteiger partial charge in [-0.3, -0.25) is 0 Å². The predicted molar refractivity (Wildman–Crippen MR) is 48.6 cm³/mol. The summed E-state index contributed by atoms with van der Waals surface area (Å²) in [5.74, 6) is 1.17. The molecule has 0 aromatic rings. The second kappa shape index (κ2) is 3.76. The van der Waals surface area contributed by atoms with E-state index in [0.717, 1.165) is 18.4 Å². The van der Waals surface area contributed by atoms with Crippen molar-refractivity contribution in [1.29, 1.82) is 0 Å². The van der Waals surface area contributed by atoms with Crippen LogP contribution in [0.4, 0.5) is 0 Å². The fourth-order valence-corrected chi connectivity index (χ4v) is 1.38. The van der Waals surface area contributed by atoms with Crippen LogP contribution in [-0.4, -0.2) is 5.26 Å². The van der Waals surface area contributed by atoms with Gasteiger partial charge in [-0.15, -0.1) is 0 Å². The first-order valence-corrected chi connectivity index (χ1v) is 4.36. The van der Waals surface area contributed by atoms with Crippen molar-refractivity contribution in [2.45, 2.75) is 33.6 Å². The highest BCUT2D eigenvalue weighted by Crippen LogP contribution is 2.27. The molecular weight excluding hydrogens is 152 g/mol. The van der Waals surface area contributed by atoms with Crippen molar-refractivity contribution in [2.75, 3.05) is 0 Å². The van der Waals surface area contributed by atoms with Crippen molar-refractivity contribution < 1.29 is 10.1 Å². The van der Waals surface area contributed by atoms with Gasteiger partial charge in [0.05, 0.1) is 0 Å². The third-order valence-electron chi connectivity index (χ3n) is 2.37. The average Bonchev–Trinajstić information content (AvgIpc) is 2.05. The van der Waals surface area contributed by atoms with E-state index in [-0.39, 0.29) is 0 Å². The quantitative estimate of drug-likeness (QED) is 0.507. The number of hydrogen-bond donors (Lipinski definition) is 1. The second-order valence-electron chi connectivity index (χ2n) is 3.61. The van der Waals surface area contributed by atoms with E-state index in [2.05, 4.69) is 18.7 Å². The minimum atomic E-state index is 0.545. The van der Waals surface area contributed by atoms with Crippen LogP contribution >= 0.6 is 0 Å². The highest BCUT2D eigenvalue weighted by atomic mass is 17.1. The highest BCUT2D eigenvalue weighted by molar-refractivity contribution is 5.28. The van der Waals surface area contributed by atoms with Crippen LogP contribution in [0.5, 0.6) is 0 Å². The molecule has 2 nitrogen and oxygen atoms in total. The van der Waals surface area contributed by atoms with Crippen LogP contribution in [-0.2, 0) is 4.89 Å². The number of allylic oxidation sites excluding steroid dienone is 3. The van der Waals surface area contributed by atoms with Crippen molar-refractivity contribution in [3.63, 3.8) is 0 Å². The second-order valence-corrected chi connectivity index (χ2v) is 3.61. The molecule has 0 radical (unpaired) electrons. The van der Waals surface area contributed by atoms with Gasteiger partial charge in [0, 0.05) is 0 Å². The summed E-state index contributed by atoms with van der Waals surface area (Å²) in [4.78, 5) is 4.29. The zero-order valence-corrected chi connectivity index (χ0v) is 7.92. The Kier molecular flexibility index (Phi) is 2.93. The van der Waals surface area contributed by atoms with E-state index < -0.39 is 0 Å². The monoisotopic (exact) mass is 168 g/mol. The van der Waals surface area contributed by atoms with Gasteiger partial charge >= 0.3 is 0 Å². The molecule has 0 aromatic carbocycles. The Morgan fingerprint density at radius 1 is 1.42 bits per heavy atom. The first-order chi connectivity index (χ1) is 5.65.